The second kappa shape index (κ2) is 8.65. The van der Waals surface area contributed by atoms with Gasteiger partial charge in [0, 0.05) is 11.8 Å². The van der Waals surface area contributed by atoms with Crippen LogP contribution in [-0.4, -0.2) is 24.3 Å². The highest BCUT2D eigenvalue weighted by atomic mass is 32.1. The van der Waals surface area contributed by atoms with Crippen LogP contribution in [0.1, 0.15) is 52.7 Å². The topological polar surface area (TPSA) is 72.5 Å². The number of Topliss-reactive ketones (excluding diaryl/α,β-unsaturated/α-hetero) is 1. The fraction of sp³-hybridized carbons (Fsp3) is 0.381. The second-order valence-electron chi connectivity index (χ2n) is 6.97. The van der Waals surface area contributed by atoms with Crippen molar-refractivity contribution in [3.05, 3.63) is 57.5 Å². The molecular formula is C21H22FNO4S. The third kappa shape index (κ3) is 4.47. The van der Waals surface area contributed by atoms with Crippen molar-refractivity contribution in [3.8, 4) is 0 Å². The second-order valence-corrected chi connectivity index (χ2v) is 8.14. The molecule has 1 saturated carbocycles. The van der Waals surface area contributed by atoms with Crippen molar-refractivity contribution >= 4 is 29.0 Å². The first-order valence-corrected chi connectivity index (χ1v) is 10.0. The Balaban J connectivity index is 1.64. The standard InChI is InChI=1S/C21H22FNO4S/c1-14(24)23-12-17-8-9-19(28-17)18(25)13-27-20(26)21(10-2-3-11-21)15-4-6-16(22)7-5-15/h4-9H,2-3,10-13H2,1H3,(H,23,24). The predicted octanol–water partition coefficient (Wildman–Crippen LogP) is 3.76. The average Bonchev–Trinajstić information content (AvgIpc) is 3.35. The predicted molar refractivity (Wildman–Crippen MR) is 104 cm³/mol. The third-order valence-corrected chi connectivity index (χ3v) is 6.15. The van der Waals surface area contributed by atoms with Gasteiger partial charge in [0.1, 0.15) is 5.82 Å². The Morgan fingerprint density at radius 1 is 1.11 bits per heavy atom. The van der Waals surface area contributed by atoms with Gasteiger partial charge in [-0.1, -0.05) is 25.0 Å². The molecule has 0 radical (unpaired) electrons. The van der Waals surface area contributed by atoms with Crippen molar-refractivity contribution in [1.82, 2.24) is 5.32 Å². The molecule has 1 fully saturated rings. The van der Waals surface area contributed by atoms with Crippen LogP contribution in [0.4, 0.5) is 4.39 Å². The van der Waals surface area contributed by atoms with Crippen LogP contribution in [0.25, 0.3) is 0 Å². The lowest BCUT2D eigenvalue weighted by Crippen LogP contribution is -2.35. The number of hydrogen-bond acceptors (Lipinski definition) is 5. The molecule has 1 aliphatic carbocycles. The van der Waals surface area contributed by atoms with E-state index in [0.717, 1.165) is 23.3 Å². The number of carbonyl (C=O) groups is 3. The summed E-state index contributed by atoms with van der Waals surface area (Å²) < 4.78 is 18.7. The number of esters is 1. The van der Waals surface area contributed by atoms with E-state index in [2.05, 4.69) is 5.32 Å². The summed E-state index contributed by atoms with van der Waals surface area (Å²) in [6, 6.07) is 9.37. The van der Waals surface area contributed by atoms with Gasteiger partial charge >= 0.3 is 5.97 Å². The Labute approximate surface area is 166 Å². The molecule has 1 aromatic carbocycles. The van der Waals surface area contributed by atoms with Crippen molar-refractivity contribution in [1.29, 1.82) is 0 Å². The summed E-state index contributed by atoms with van der Waals surface area (Å²) in [5, 5.41) is 2.68. The average molecular weight is 403 g/mol. The summed E-state index contributed by atoms with van der Waals surface area (Å²) >= 11 is 1.27. The Bertz CT molecular complexity index is 869. The lowest BCUT2D eigenvalue weighted by Gasteiger charge is -2.27. The largest absolute Gasteiger partial charge is 0.457 e. The summed E-state index contributed by atoms with van der Waals surface area (Å²) in [6.45, 7) is 1.46. The van der Waals surface area contributed by atoms with Gasteiger partial charge in [-0.15, -0.1) is 11.3 Å². The van der Waals surface area contributed by atoms with E-state index in [4.69, 9.17) is 4.74 Å². The quantitative estimate of drug-likeness (QED) is 0.564. The minimum absolute atomic E-state index is 0.141. The summed E-state index contributed by atoms with van der Waals surface area (Å²) in [6.07, 6.45) is 3.03. The molecule has 148 valence electrons. The van der Waals surface area contributed by atoms with E-state index in [1.807, 2.05) is 0 Å². The highest BCUT2D eigenvalue weighted by molar-refractivity contribution is 7.14. The number of amides is 1. The molecule has 5 nitrogen and oxygen atoms in total. The maximum absolute atomic E-state index is 13.3. The fourth-order valence-corrected chi connectivity index (χ4v) is 4.40. The van der Waals surface area contributed by atoms with Crippen LogP contribution in [0.2, 0.25) is 0 Å². The first-order valence-electron chi connectivity index (χ1n) is 9.20. The molecule has 0 aliphatic heterocycles. The van der Waals surface area contributed by atoms with Crippen molar-refractivity contribution in [2.45, 2.75) is 44.6 Å². The van der Waals surface area contributed by atoms with Crippen LogP contribution in [0.3, 0.4) is 0 Å². The highest BCUT2D eigenvalue weighted by Gasteiger charge is 2.44. The van der Waals surface area contributed by atoms with E-state index >= 15 is 0 Å². The maximum Gasteiger partial charge on any atom is 0.317 e. The molecule has 0 saturated heterocycles. The van der Waals surface area contributed by atoms with Gasteiger partial charge in [0.15, 0.2) is 6.61 Å². The molecule has 0 unspecified atom stereocenters. The van der Waals surface area contributed by atoms with E-state index in [1.165, 1.54) is 30.4 Å². The van der Waals surface area contributed by atoms with Gasteiger partial charge in [0.2, 0.25) is 11.7 Å². The first kappa shape index (κ1) is 20.2. The molecular weight excluding hydrogens is 381 g/mol. The number of ketones is 1. The zero-order valence-electron chi connectivity index (χ0n) is 15.6. The molecule has 1 N–H and O–H groups in total. The van der Waals surface area contributed by atoms with Crippen molar-refractivity contribution in [2.75, 3.05) is 6.61 Å². The van der Waals surface area contributed by atoms with Crippen molar-refractivity contribution < 1.29 is 23.5 Å². The highest BCUT2D eigenvalue weighted by Crippen LogP contribution is 2.42. The Kier molecular flexibility index (Phi) is 6.24. The normalized spacial score (nSPS) is 15.2. The zero-order chi connectivity index (χ0) is 20.1. The molecule has 1 heterocycles. The summed E-state index contributed by atoms with van der Waals surface area (Å²) in [4.78, 5) is 37.6. The molecule has 0 spiro atoms. The van der Waals surface area contributed by atoms with Gasteiger partial charge in [0.05, 0.1) is 16.8 Å². The smallest absolute Gasteiger partial charge is 0.317 e. The molecule has 1 aromatic heterocycles. The minimum Gasteiger partial charge on any atom is -0.457 e. The van der Waals surface area contributed by atoms with Gasteiger partial charge in [-0.25, -0.2) is 4.39 Å². The van der Waals surface area contributed by atoms with Crippen molar-refractivity contribution in [3.63, 3.8) is 0 Å². The summed E-state index contributed by atoms with van der Waals surface area (Å²) in [5.41, 5.74) is -0.0717. The first-order chi connectivity index (χ1) is 13.4. The van der Waals surface area contributed by atoms with Crippen LogP contribution in [0, 0.1) is 5.82 Å². The van der Waals surface area contributed by atoms with E-state index < -0.39 is 11.4 Å². The number of carbonyl (C=O) groups excluding carboxylic acids is 3. The lowest BCUT2D eigenvalue weighted by atomic mass is 9.79. The van der Waals surface area contributed by atoms with E-state index in [1.54, 1.807) is 24.3 Å². The minimum atomic E-state index is -0.806. The van der Waals surface area contributed by atoms with Gasteiger partial charge in [-0.3, -0.25) is 14.4 Å². The van der Waals surface area contributed by atoms with E-state index in [0.29, 0.717) is 24.3 Å². The Hall–Kier alpha value is -2.54. The molecule has 1 aliphatic rings. The fourth-order valence-electron chi connectivity index (χ4n) is 3.53. The van der Waals surface area contributed by atoms with Crippen LogP contribution < -0.4 is 5.32 Å². The molecule has 28 heavy (non-hydrogen) atoms. The molecule has 0 bridgehead atoms. The lowest BCUT2D eigenvalue weighted by molar-refractivity contribution is -0.149. The third-order valence-electron chi connectivity index (χ3n) is 5.03. The van der Waals surface area contributed by atoms with E-state index in [-0.39, 0.29) is 24.1 Å². The van der Waals surface area contributed by atoms with Gasteiger partial charge in [0.25, 0.3) is 0 Å². The Morgan fingerprint density at radius 2 is 1.79 bits per heavy atom. The van der Waals surface area contributed by atoms with Crippen LogP contribution in [0.5, 0.6) is 0 Å². The van der Waals surface area contributed by atoms with Crippen LogP contribution in [-0.2, 0) is 26.3 Å². The number of ether oxygens (including phenoxy) is 1. The number of nitrogens with one attached hydrogen (secondary N) is 1. The van der Waals surface area contributed by atoms with Gasteiger partial charge in [-0.05, 0) is 42.7 Å². The monoisotopic (exact) mass is 403 g/mol. The van der Waals surface area contributed by atoms with E-state index in [9.17, 15) is 18.8 Å². The molecule has 3 rings (SSSR count). The SMILES string of the molecule is CC(=O)NCc1ccc(C(=O)COC(=O)C2(c3ccc(F)cc3)CCCC2)s1. The molecule has 0 atom stereocenters. The van der Waals surface area contributed by atoms with Gasteiger partial charge < -0.3 is 10.1 Å². The number of hydrogen-bond donors (Lipinski definition) is 1. The van der Waals surface area contributed by atoms with Crippen LogP contribution in [0.15, 0.2) is 36.4 Å². The van der Waals surface area contributed by atoms with Crippen molar-refractivity contribution in [2.24, 2.45) is 0 Å². The number of thiophene rings is 1. The maximum atomic E-state index is 13.3. The zero-order valence-corrected chi connectivity index (χ0v) is 16.4. The Morgan fingerprint density at radius 3 is 2.43 bits per heavy atom. The number of rotatable bonds is 7. The molecule has 1 amide bonds. The number of halogens is 1. The summed E-state index contributed by atoms with van der Waals surface area (Å²) in [7, 11) is 0. The van der Waals surface area contributed by atoms with Crippen LogP contribution >= 0.6 is 11.3 Å². The van der Waals surface area contributed by atoms with Gasteiger partial charge in [-0.2, -0.15) is 0 Å². The summed E-state index contributed by atoms with van der Waals surface area (Å²) in [5.74, 6) is -1.20. The molecule has 7 heteroatoms. The number of benzene rings is 1. The molecule has 2 aromatic rings.